The second kappa shape index (κ2) is 5.23. The fraction of sp³-hybridized carbons (Fsp3) is 0.692. The fourth-order valence-electron chi connectivity index (χ4n) is 2.05. The summed E-state index contributed by atoms with van der Waals surface area (Å²) in [4.78, 5) is 0. The zero-order valence-electron chi connectivity index (χ0n) is 9.93. The lowest BCUT2D eigenvalue weighted by molar-refractivity contribution is 0.594. The molecule has 0 bridgehead atoms. The van der Waals surface area contributed by atoms with E-state index in [0.717, 1.165) is 5.92 Å². The molecule has 1 aliphatic rings. The smallest absolute Gasteiger partial charge is 0.0236 e. The molecule has 0 aromatic carbocycles. The average Bonchev–Trinajstić information content (AvgIpc) is 2.55. The summed E-state index contributed by atoms with van der Waals surface area (Å²) in [6, 6.07) is 0.654. The van der Waals surface area contributed by atoms with Gasteiger partial charge in [0, 0.05) is 17.7 Å². The Bertz CT molecular complexity index is 238. The van der Waals surface area contributed by atoms with Gasteiger partial charge in [0.25, 0.3) is 0 Å². The third-order valence-corrected chi connectivity index (χ3v) is 3.11. The number of allylic oxidation sites excluding steroid dienone is 4. The lowest BCUT2D eigenvalue weighted by atomic mass is 9.97. The van der Waals surface area contributed by atoms with Gasteiger partial charge in [-0.05, 0) is 40.0 Å². The van der Waals surface area contributed by atoms with Crippen LogP contribution >= 0.6 is 0 Å². The van der Waals surface area contributed by atoms with Crippen molar-refractivity contribution in [2.24, 2.45) is 5.92 Å². The molecule has 1 rings (SSSR count). The molecule has 1 N–H and O–H groups in total. The normalized spacial score (nSPS) is 30.9. The summed E-state index contributed by atoms with van der Waals surface area (Å²) in [5.41, 5.74) is 2.96. The number of hydrogen-bond acceptors (Lipinski definition) is 1. The highest BCUT2D eigenvalue weighted by molar-refractivity contribution is 5.13. The minimum Gasteiger partial charge on any atom is -0.386 e. The largest absolute Gasteiger partial charge is 0.386 e. The summed E-state index contributed by atoms with van der Waals surface area (Å²) in [6.07, 6.45) is 8.29. The molecule has 1 unspecified atom stereocenters. The van der Waals surface area contributed by atoms with Gasteiger partial charge in [0.2, 0.25) is 0 Å². The standard InChI is InChI=1S/C13H23N/c1-5-10(3)7-8-12-9-11(4)14-13(12)6-2/h6-7,11-12,14H,5,8-9H2,1-4H3/b10-7-,13-6+/t11-,12?/m1/s1. The maximum Gasteiger partial charge on any atom is 0.0236 e. The van der Waals surface area contributed by atoms with Crippen LogP contribution in [0.4, 0.5) is 0 Å². The van der Waals surface area contributed by atoms with Crippen LogP contribution in [0.25, 0.3) is 0 Å². The van der Waals surface area contributed by atoms with Gasteiger partial charge in [0.05, 0.1) is 0 Å². The second-order valence-electron chi connectivity index (χ2n) is 4.36. The van der Waals surface area contributed by atoms with E-state index in [9.17, 15) is 0 Å². The molecule has 1 fully saturated rings. The molecule has 1 aliphatic heterocycles. The maximum absolute atomic E-state index is 3.53. The topological polar surface area (TPSA) is 12.0 Å². The summed E-state index contributed by atoms with van der Waals surface area (Å²) >= 11 is 0. The Balaban J connectivity index is 2.52. The van der Waals surface area contributed by atoms with Crippen LogP contribution in [0.3, 0.4) is 0 Å². The van der Waals surface area contributed by atoms with Crippen molar-refractivity contribution in [2.75, 3.05) is 0 Å². The third kappa shape index (κ3) is 2.90. The number of hydrogen-bond donors (Lipinski definition) is 1. The molecule has 0 saturated carbocycles. The molecule has 0 radical (unpaired) electrons. The van der Waals surface area contributed by atoms with Gasteiger partial charge in [0.15, 0.2) is 0 Å². The van der Waals surface area contributed by atoms with Crippen molar-refractivity contribution in [3.05, 3.63) is 23.4 Å². The molecular formula is C13H23N. The molecule has 1 saturated heterocycles. The summed E-state index contributed by atoms with van der Waals surface area (Å²) < 4.78 is 0. The summed E-state index contributed by atoms with van der Waals surface area (Å²) in [7, 11) is 0. The van der Waals surface area contributed by atoms with Gasteiger partial charge in [-0.3, -0.25) is 0 Å². The van der Waals surface area contributed by atoms with E-state index in [1.54, 1.807) is 0 Å². The highest BCUT2D eigenvalue weighted by Gasteiger charge is 2.23. The Hall–Kier alpha value is -0.720. The molecule has 1 heterocycles. The lowest BCUT2D eigenvalue weighted by Crippen LogP contribution is -2.15. The predicted octanol–water partition coefficient (Wildman–Crippen LogP) is 3.63. The highest BCUT2D eigenvalue weighted by atomic mass is 15.0. The van der Waals surface area contributed by atoms with Crippen LogP contribution in [-0.2, 0) is 0 Å². The Morgan fingerprint density at radius 1 is 1.57 bits per heavy atom. The van der Waals surface area contributed by atoms with Crippen molar-refractivity contribution < 1.29 is 0 Å². The van der Waals surface area contributed by atoms with E-state index in [1.807, 2.05) is 0 Å². The SMILES string of the molecule is C/C=C1/N[C@H](C)CC1C/C=C(/C)CC. The van der Waals surface area contributed by atoms with Crippen LogP contribution < -0.4 is 5.32 Å². The first-order valence-corrected chi connectivity index (χ1v) is 5.75. The van der Waals surface area contributed by atoms with Gasteiger partial charge in [-0.25, -0.2) is 0 Å². The van der Waals surface area contributed by atoms with Crippen molar-refractivity contribution in [2.45, 2.75) is 53.0 Å². The quantitative estimate of drug-likeness (QED) is 0.675. The van der Waals surface area contributed by atoms with Crippen molar-refractivity contribution in [1.82, 2.24) is 5.32 Å². The van der Waals surface area contributed by atoms with Crippen LogP contribution in [0.15, 0.2) is 23.4 Å². The number of nitrogens with one attached hydrogen (secondary N) is 1. The zero-order valence-corrected chi connectivity index (χ0v) is 9.93. The molecule has 0 aromatic heterocycles. The lowest BCUT2D eigenvalue weighted by Gasteiger charge is -2.08. The van der Waals surface area contributed by atoms with Gasteiger partial charge >= 0.3 is 0 Å². The van der Waals surface area contributed by atoms with Gasteiger partial charge in [-0.15, -0.1) is 0 Å². The Morgan fingerprint density at radius 3 is 2.86 bits per heavy atom. The third-order valence-electron chi connectivity index (χ3n) is 3.11. The van der Waals surface area contributed by atoms with Crippen molar-refractivity contribution in [3.8, 4) is 0 Å². The Labute approximate surface area is 88.3 Å². The first-order valence-electron chi connectivity index (χ1n) is 5.75. The van der Waals surface area contributed by atoms with E-state index in [1.165, 1.54) is 30.5 Å². The average molecular weight is 193 g/mol. The zero-order chi connectivity index (χ0) is 10.6. The molecule has 0 spiro atoms. The van der Waals surface area contributed by atoms with E-state index >= 15 is 0 Å². The van der Waals surface area contributed by atoms with Gasteiger partial charge < -0.3 is 5.32 Å². The van der Waals surface area contributed by atoms with Crippen molar-refractivity contribution >= 4 is 0 Å². The molecule has 1 heteroatoms. The molecule has 0 aromatic rings. The van der Waals surface area contributed by atoms with Gasteiger partial charge in [-0.2, -0.15) is 0 Å². The van der Waals surface area contributed by atoms with Crippen LogP contribution in [-0.4, -0.2) is 6.04 Å². The molecule has 80 valence electrons. The van der Waals surface area contributed by atoms with Gasteiger partial charge in [-0.1, -0.05) is 24.6 Å². The van der Waals surface area contributed by atoms with E-state index in [2.05, 4.69) is 45.2 Å². The van der Waals surface area contributed by atoms with E-state index in [4.69, 9.17) is 0 Å². The maximum atomic E-state index is 3.53. The molecule has 14 heavy (non-hydrogen) atoms. The van der Waals surface area contributed by atoms with Crippen LogP contribution in [0.2, 0.25) is 0 Å². The predicted molar refractivity (Wildman–Crippen MR) is 63.1 cm³/mol. The number of rotatable bonds is 3. The molecule has 0 amide bonds. The Kier molecular flexibility index (Phi) is 4.24. The van der Waals surface area contributed by atoms with E-state index in [0.29, 0.717) is 6.04 Å². The van der Waals surface area contributed by atoms with Crippen LogP contribution in [0.5, 0.6) is 0 Å². The van der Waals surface area contributed by atoms with Crippen LogP contribution in [0.1, 0.15) is 47.0 Å². The molecular weight excluding hydrogens is 170 g/mol. The second-order valence-corrected chi connectivity index (χ2v) is 4.36. The summed E-state index contributed by atoms with van der Waals surface area (Å²) in [6.45, 7) is 8.84. The summed E-state index contributed by atoms with van der Waals surface area (Å²) in [5.74, 6) is 0.733. The highest BCUT2D eigenvalue weighted by Crippen LogP contribution is 2.27. The van der Waals surface area contributed by atoms with Crippen molar-refractivity contribution in [3.63, 3.8) is 0 Å². The first kappa shape index (κ1) is 11.4. The van der Waals surface area contributed by atoms with Crippen LogP contribution in [0, 0.1) is 5.92 Å². The first-order chi connectivity index (χ1) is 6.67. The Morgan fingerprint density at radius 2 is 2.29 bits per heavy atom. The molecule has 2 atom stereocenters. The molecule has 0 aliphatic carbocycles. The summed E-state index contributed by atoms with van der Waals surface area (Å²) in [5, 5.41) is 3.53. The van der Waals surface area contributed by atoms with E-state index in [-0.39, 0.29) is 0 Å². The minimum atomic E-state index is 0.654. The minimum absolute atomic E-state index is 0.654. The van der Waals surface area contributed by atoms with E-state index < -0.39 is 0 Å². The fourth-order valence-corrected chi connectivity index (χ4v) is 2.05. The molecule has 1 nitrogen and oxygen atoms in total. The monoisotopic (exact) mass is 193 g/mol. The van der Waals surface area contributed by atoms with Gasteiger partial charge in [0.1, 0.15) is 0 Å². The van der Waals surface area contributed by atoms with Crippen molar-refractivity contribution in [1.29, 1.82) is 0 Å².